The minimum Gasteiger partial charge on any atom is -0.286 e. The van der Waals surface area contributed by atoms with E-state index in [0.29, 0.717) is 18.3 Å². The van der Waals surface area contributed by atoms with Crippen LogP contribution in [0.5, 0.6) is 0 Å². The SMILES string of the molecule is CC(C)Cc1nnc(N2CC(CBr)CC2=O)s1. The zero-order valence-corrected chi connectivity index (χ0v) is 12.4. The molecule has 1 aromatic rings. The van der Waals surface area contributed by atoms with E-state index in [2.05, 4.69) is 40.0 Å². The number of alkyl halides is 1. The third-order valence-electron chi connectivity index (χ3n) is 2.69. The number of carbonyl (C=O) groups excluding carboxylic acids is 1. The molecule has 1 aliphatic rings. The standard InChI is InChI=1S/C11H16BrN3OS/c1-7(2)3-9-13-14-11(17-9)15-6-8(5-12)4-10(15)16/h7-8H,3-6H2,1-2H3. The van der Waals surface area contributed by atoms with Gasteiger partial charge in [0.15, 0.2) is 0 Å². The van der Waals surface area contributed by atoms with E-state index in [4.69, 9.17) is 0 Å². The molecule has 1 aromatic heterocycles. The van der Waals surface area contributed by atoms with E-state index in [1.54, 1.807) is 16.2 Å². The van der Waals surface area contributed by atoms with Crippen LogP contribution in [-0.2, 0) is 11.2 Å². The summed E-state index contributed by atoms with van der Waals surface area (Å²) in [6.45, 7) is 5.08. The number of hydrogen-bond acceptors (Lipinski definition) is 4. The molecular formula is C11H16BrN3OS. The molecule has 94 valence electrons. The fraction of sp³-hybridized carbons (Fsp3) is 0.727. The van der Waals surface area contributed by atoms with Gasteiger partial charge in [-0.2, -0.15) is 0 Å². The molecule has 0 aromatic carbocycles. The molecule has 0 bridgehead atoms. The van der Waals surface area contributed by atoms with E-state index >= 15 is 0 Å². The average molecular weight is 318 g/mol. The predicted molar refractivity (Wildman–Crippen MR) is 72.7 cm³/mol. The van der Waals surface area contributed by atoms with Gasteiger partial charge in [-0.05, 0) is 11.8 Å². The Kier molecular flexibility index (Phi) is 4.14. The summed E-state index contributed by atoms with van der Waals surface area (Å²) in [4.78, 5) is 13.6. The summed E-state index contributed by atoms with van der Waals surface area (Å²) >= 11 is 4.97. The highest BCUT2D eigenvalue weighted by Gasteiger charge is 2.31. The second kappa shape index (κ2) is 5.44. The minimum absolute atomic E-state index is 0.168. The largest absolute Gasteiger partial charge is 0.286 e. The Labute approximate surface area is 114 Å². The van der Waals surface area contributed by atoms with Gasteiger partial charge in [-0.15, -0.1) is 10.2 Å². The number of aromatic nitrogens is 2. The van der Waals surface area contributed by atoms with Crippen LogP contribution in [-0.4, -0.2) is 28.0 Å². The van der Waals surface area contributed by atoms with Crippen molar-refractivity contribution in [3.63, 3.8) is 0 Å². The van der Waals surface area contributed by atoms with E-state index in [9.17, 15) is 4.79 Å². The van der Waals surface area contributed by atoms with Crippen LogP contribution in [0.25, 0.3) is 0 Å². The van der Waals surface area contributed by atoms with E-state index < -0.39 is 0 Å². The lowest BCUT2D eigenvalue weighted by atomic mass is 10.1. The molecule has 0 saturated carbocycles. The molecule has 0 spiro atoms. The van der Waals surface area contributed by atoms with Crippen LogP contribution in [0.4, 0.5) is 5.13 Å². The van der Waals surface area contributed by atoms with Crippen molar-refractivity contribution in [3.05, 3.63) is 5.01 Å². The molecule has 1 saturated heterocycles. The molecule has 17 heavy (non-hydrogen) atoms. The van der Waals surface area contributed by atoms with Gasteiger partial charge in [-0.25, -0.2) is 0 Å². The Morgan fingerprint density at radius 2 is 2.29 bits per heavy atom. The number of rotatable bonds is 4. The van der Waals surface area contributed by atoms with Crippen molar-refractivity contribution < 1.29 is 4.79 Å². The van der Waals surface area contributed by atoms with E-state index in [-0.39, 0.29) is 5.91 Å². The second-order valence-corrected chi connectivity index (χ2v) is 6.49. The zero-order chi connectivity index (χ0) is 12.4. The monoisotopic (exact) mass is 317 g/mol. The van der Waals surface area contributed by atoms with Gasteiger partial charge < -0.3 is 0 Å². The van der Waals surface area contributed by atoms with Gasteiger partial charge in [0.25, 0.3) is 0 Å². The fourth-order valence-electron chi connectivity index (χ4n) is 1.86. The Hall–Kier alpha value is -0.490. The molecule has 6 heteroatoms. The summed E-state index contributed by atoms with van der Waals surface area (Å²) < 4.78 is 0. The summed E-state index contributed by atoms with van der Waals surface area (Å²) in [6, 6.07) is 0. The Morgan fingerprint density at radius 3 is 2.88 bits per heavy atom. The molecule has 1 amide bonds. The number of amides is 1. The van der Waals surface area contributed by atoms with Gasteiger partial charge in [-0.1, -0.05) is 41.1 Å². The first-order chi connectivity index (χ1) is 8.10. The smallest absolute Gasteiger partial charge is 0.229 e. The third kappa shape index (κ3) is 3.04. The maximum atomic E-state index is 11.8. The van der Waals surface area contributed by atoms with Crippen molar-refractivity contribution in [2.45, 2.75) is 26.7 Å². The number of hydrogen-bond donors (Lipinski definition) is 0. The van der Waals surface area contributed by atoms with Crippen LogP contribution in [0, 0.1) is 11.8 Å². The van der Waals surface area contributed by atoms with Crippen molar-refractivity contribution in [3.8, 4) is 0 Å². The molecule has 1 atom stereocenters. The predicted octanol–water partition coefficient (Wildman–Crippen LogP) is 2.48. The van der Waals surface area contributed by atoms with Crippen molar-refractivity contribution in [1.82, 2.24) is 10.2 Å². The zero-order valence-electron chi connectivity index (χ0n) is 10.0. The van der Waals surface area contributed by atoms with Gasteiger partial charge in [-0.3, -0.25) is 9.69 Å². The fourth-order valence-corrected chi connectivity index (χ4v) is 3.37. The van der Waals surface area contributed by atoms with Crippen molar-refractivity contribution in [2.24, 2.45) is 11.8 Å². The van der Waals surface area contributed by atoms with E-state index in [0.717, 1.165) is 28.4 Å². The van der Waals surface area contributed by atoms with Crippen molar-refractivity contribution in [1.29, 1.82) is 0 Å². The highest BCUT2D eigenvalue weighted by atomic mass is 79.9. The quantitative estimate of drug-likeness (QED) is 0.801. The number of halogens is 1. The molecule has 0 N–H and O–H groups in total. The summed E-state index contributed by atoms with van der Waals surface area (Å²) in [6.07, 6.45) is 1.55. The summed E-state index contributed by atoms with van der Waals surface area (Å²) in [5.74, 6) is 1.14. The first-order valence-corrected chi connectivity index (χ1v) is 7.72. The Balaban J connectivity index is 2.07. The lowest BCUT2D eigenvalue weighted by Gasteiger charge is -2.10. The van der Waals surface area contributed by atoms with Crippen LogP contribution in [0.1, 0.15) is 25.3 Å². The molecule has 1 aliphatic heterocycles. The first-order valence-electron chi connectivity index (χ1n) is 5.79. The Bertz CT molecular complexity index is 407. The number of carbonyl (C=O) groups is 1. The lowest BCUT2D eigenvalue weighted by molar-refractivity contribution is -0.117. The summed E-state index contributed by atoms with van der Waals surface area (Å²) in [5, 5.41) is 10.9. The van der Waals surface area contributed by atoms with Crippen LogP contribution in [0.3, 0.4) is 0 Å². The molecule has 4 nitrogen and oxygen atoms in total. The van der Waals surface area contributed by atoms with Gasteiger partial charge in [0.05, 0.1) is 0 Å². The summed E-state index contributed by atoms with van der Waals surface area (Å²) in [7, 11) is 0. The van der Waals surface area contributed by atoms with E-state index in [1.807, 2.05) is 0 Å². The molecule has 0 aliphatic carbocycles. The minimum atomic E-state index is 0.168. The molecule has 2 rings (SSSR count). The van der Waals surface area contributed by atoms with Crippen molar-refractivity contribution >= 4 is 38.3 Å². The highest BCUT2D eigenvalue weighted by molar-refractivity contribution is 9.09. The second-order valence-electron chi connectivity index (χ2n) is 4.81. The van der Waals surface area contributed by atoms with Crippen molar-refractivity contribution in [2.75, 3.05) is 16.8 Å². The first kappa shape index (κ1) is 13.0. The highest BCUT2D eigenvalue weighted by Crippen LogP contribution is 2.29. The van der Waals surface area contributed by atoms with Crippen LogP contribution in [0.15, 0.2) is 0 Å². The van der Waals surface area contributed by atoms with E-state index in [1.165, 1.54) is 0 Å². The number of nitrogens with zero attached hydrogens (tertiary/aromatic N) is 3. The molecule has 1 unspecified atom stereocenters. The van der Waals surface area contributed by atoms with Gasteiger partial charge in [0.1, 0.15) is 5.01 Å². The number of anilines is 1. The Morgan fingerprint density at radius 1 is 1.53 bits per heavy atom. The third-order valence-corrected chi connectivity index (χ3v) is 4.58. The van der Waals surface area contributed by atoms with Gasteiger partial charge >= 0.3 is 0 Å². The van der Waals surface area contributed by atoms with Crippen LogP contribution >= 0.6 is 27.3 Å². The van der Waals surface area contributed by atoms with Crippen LogP contribution in [0.2, 0.25) is 0 Å². The molecule has 2 heterocycles. The molecule has 0 radical (unpaired) electrons. The maximum Gasteiger partial charge on any atom is 0.229 e. The topological polar surface area (TPSA) is 46.1 Å². The molecule has 1 fully saturated rings. The normalized spacial score (nSPS) is 20.6. The van der Waals surface area contributed by atoms with Gasteiger partial charge in [0, 0.05) is 24.7 Å². The average Bonchev–Trinajstić information content (AvgIpc) is 2.83. The maximum absolute atomic E-state index is 11.8. The summed E-state index contributed by atoms with van der Waals surface area (Å²) in [5.41, 5.74) is 0. The van der Waals surface area contributed by atoms with Gasteiger partial charge in [0.2, 0.25) is 11.0 Å². The van der Waals surface area contributed by atoms with Crippen LogP contribution < -0.4 is 4.90 Å². The lowest BCUT2D eigenvalue weighted by Crippen LogP contribution is -2.24. The molecular weight excluding hydrogens is 302 g/mol.